The summed E-state index contributed by atoms with van der Waals surface area (Å²) in [5.41, 5.74) is 0.556. The van der Waals surface area contributed by atoms with Crippen LogP contribution in [-0.4, -0.2) is 32.4 Å². The number of amides is 1. The van der Waals surface area contributed by atoms with Gasteiger partial charge < -0.3 is 4.74 Å². The summed E-state index contributed by atoms with van der Waals surface area (Å²) in [6, 6.07) is 0.133. The molecule has 1 aliphatic heterocycles. The first-order valence-corrected chi connectivity index (χ1v) is 7.31. The zero-order valence-electron chi connectivity index (χ0n) is 11.8. The maximum atomic E-state index is 12.3. The van der Waals surface area contributed by atoms with Crippen molar-refractivity contribution in [1.82, 2.24) is 14.7 Å². The maximum Gasteiger partial charge on any atom is 0.410 e. The Hall–Kier alpha value is -1.04. The highest BCUT2D eigenvalue weighted by molar-refractivity contribution is 9.10. The number of hydrogen-bond acceptors (Lipinski definition) is 3. The van der Waals surface area contributed by atoms with Gasteiger partial charge in [-0.2, -0.15) is 5.10 Å². The van der Waals surface area contributed by atoms with E-state index in [0.717, 1.165) is 23.1 Å². The van der Waals surface area contributed by atoms with Gasteiger partial charge in [-0.1, -0.05) is 6.92 Å². The summed E-state index contributed by atoms with van der Waals surface area (Å²) in [7, 11) is 0. The van der Waals surface area contributed by atoms with Crippen molar-refractivity contribution in [2.75, 3.05) is 0 Å². The molecule has 19 heavy (non-hydrogen) atoms. The lowest BCUT2D eigenvalue weighted by Gasteiger charge is -2.36. The summed E-state index contributed by atoms with van der Waals surface area (Å²) in [4.78, 5) is 14.1. The SMILES string of the molecule is CCC1Cn2ncc(Br)c2CN1C(=O)OC(C)(C)C. The van der Waals surface area contributed by atoms with Gasteiger partial charge in [-0.25, -0.2) is 4.79 Å². The molecule has 0 saturated heterocycles. The molecule has 106 valence electrons. The van der Waals surface area contributed by atoms with Crippen LogP contribution in [0.15, 0.2) is 10.7 Å². The summed E-state index contributed by atoms with van der Waals surface area (Å²) < 4.78 is 8.38. The Bertz CT molecular complexity index is 479. The second-order valence-corrected chi connectivity index (χ2v) is 6.65. The van der Waals surface area contributed by atoms with E-state index < -0.39 is 5.60 Å². The van der Waals surface area contributed by atoms with Crippen LogP contribution < -0.4 is 0 Å². The standard InChI is InChI=1S/C13H20BrN3O2/c1-5-9-7-17-11(10(14)6-15-17)8-16(9)12(18)19-13(2,3)4/h6,9H,5,7-8H2,1-4H3. The van der Waals surface area contributed by atoms with Gasteiger partial charge in [0.15, 0.2) is 0 Å². The van der Waals surface area contributed by atoms with Crippen LogP contribution in [0.4, 0.5) is 4.79 Å². The largest absolute Gasteiger partial charge is 0.444 e. The van der Waals surface area contributed by atoms with Crippen LogP contribution in [0.3, 0.4) is 0 Å². The molecule has 1 unspecified atom stereocenters. The van der Waals surface area contributed by atoms with Crippen LogP contribution in [-0.2, 0) is 17.8 Å². The van der Waals surface area contributed by atoms with Crippen molar-refractivity contribution < 1.29 is 9.53 Å². The van der Waals surface area contributed by atoms with Crippen molar-refractivity contribution in [1.29, 1.82) is 0 Å². The highest BCUT2D eigenvalue weighted by atomic mass is 79.9. The van der Waals surface area contributed by atoms with Crippen LogP contribution in [0.25, 0.3) is 0 Å². The third kappa shape index (κ3) is 3.11. The van der Waals surface area contributed by atoms with Crippen molar-refractivity contribution in [3.8, 4) is 0 Å². The second-order valence-electron chi connectivity index (χ2n) is 5.79. The van der Waals surface area contributed by atoms with E-state index in [4.69, 9.17) is 4.74 Å². The maximum absolute atomic E-state index is 12.3. The van der Waals surface area contributed by atoms with E-state index in [-0.39, 0.29) is 12.1 Å². The van der Waals surface area contributed by atoms with Crippen LogP contribution in [0, 0.1) is 0 Å². The fraction of sp³-hybridized carbons (Fsp3) is 0.692. The lowest BCUT2D eigenvalue weighted by Crippen LogP contribution is -2.48. The fourth-order valence-corrected chi connectivity index (χ4v) is 2.60. The molecule has 5 nitrogen and oxygen atoms in total. The highest BCUT2D eigenvalue weighted by Crippen LogP contribution is 2.26. The molecule has 1 aliphatic rings. The van der Waals surface area contributed by atoms with Crippen molar-refractivity contribution in [3.05, 3.63) is 16.4 Å². The minimum Gasteiger partial charge on any atom is -0.444 e. The Balaban J connectivity index is 2.20. The number of aromatic nitrogens is 2. The molecule has 0 fully saturated rings. The van der Waals surface area contributed by atoms with Gasteiger partial charge in [0.25, 0.3) is 0 Å². The van der Waals surface area contributed by atoms with Gasteiger partial charge in [0.1, 0.15) is 5.60 Å². The molecule has 0 spiro atoms. The number of halogens is 1. The molecule has 0 bridgehead atoms. The Morgan fingerprint density at radius 1 is 1.58 bits per heavy atom. The van der Waals surface area contributed by atoms with E-state index >= 15 is 0 Å². The van der Waals surface area contributed by atoms with Crippen molar-refractivity contribution in [3.63, 3.8) is 0 Å². The summed E-state index contributed by atoms with van der Waals surface area (Å²) in [6.07, 6.45) is 2.41. The van der Waals surface area contributed by atoms with Crippen molar-refractivity contribution >= 4 is 22.0 Å². The molecular weight excluding hydrogens is 310 g/mol. The summed E-state index contributed by atoms with van der Waals surface area (Å²) in [6.45, 7) is 8.98. The first-order chi connectivity index (χ1) is 8.81. The summed E-state index contributed by atoms with van der Waals surface area (Å²) in [5.74, 6) is 0. The van der Waals surface area contributed by atoms with Gasteiger partial charge in [0.2, 0.25) is 0 Å². The summed E-state index contributed by atoms with van der Waals surface area (Å²) in [5, 5.41) is 4.31. The smallest absolute Gasteiger partial charge is 0.410 e. The molecule has 0 aromatic carbocycles. The van der Waals surface area contributed by atoms with Crippen LogP contribution >= 0.6 is 15.9 Å². The molecule has 6 heteroatoms. The van der Waals surface area contributed by atoms with Crippen LogP contribution in [0.1, 0.15) is 39.8 Å². The van der Waals surface area contributed by atoms with E-state index in [2.05, 4.69) is 28.0 Å². The zero-order chi connectivity index (χ0) is 14.2. The zero-order valence-corrected chi connectivity index (χ0v) is 13.4. The molecule has 0 N–H and O–H groups in total. The molecule has 2 heterocycles. The molecule has 1 aromatic heterocycles. The number of nitrogens with zero attached hydrogens (tertiary/aromatic N) is 3. The van der Waals surface area contributed by atoms with Gasteiger partial charge in [-0.3, -0.25) is 9.58 Å². The number of hydrogen-bond donors (Lipinski definition) is 0. The molecule has 0 radical (unpaired) electrons. The number of ether oxygens (including phenoxy) is 1. The minimum atomic E-state index is -0.468. The predicted molar refractivity (Wildman–Crippen MR) is 75.8 cm³/mol. The third-order valence-corrected chi connectivity index (χ3v) is 3.80. The first-order valence-electron chi connectivity index (χ1n) is 6.51. The number of fused-ring (bicyclic) bond motifs is 1. The van der Waals surface area contributed by atoms with E-state index in [1.54, 1.807) is 11.1 Å². The Morgan fingerprint density at radius 3 is 2.84 bits per heavy atom. The average molecular weight is 330 g/mol. The van der Waals surface area contributed by atoms with E-state index in [9.17, 15) is 4.79 Å². The number of carbonyl (C=O) groups is 1. The normalized spacial score (nSPS) is 19.2. The van der Waals surface area contributed by atoms with Gasteiger partial charge in [0.05, 0.1) is 35.5 Å². The minimum absolute atomic E-state index is 0.133. The molecular formula is C13H20BrN3O2. The Morgan fingerprint density at radius 2 is 2.26 bits per heavy atom. The quantitative estimate of drug-likeness (QED) is 0.795. The number of rotatable bonds is 1. The van der Waals surface area contributed by atoms with E-state index in [0.29, 0.717) is 6.54 Å². The first kappa shape index (κ1) is 14.4. The van der Waals surface area contributed by atoms with Gasteiger partial charge >= 0.3 is 6.09 Å². The molecule has 1 aromatic rings. The molecule has 1 amide bonds. The fourth-order valence-electron chi connectivity index (χ4n) is 2.17. The molecule has 2 rings (SSSR count). The number of carbonyl (C=O) groups excluding carboxylic acids is 1. The topological polar surface area (TPSA) is 47.4 Å². The van der Waals surface area contributed by atoms with Crippen LogP contribution in [0.5, 0.6) is 0 Å². The summed E-state index contributed by atoms with van der Waals surface area (Å²) >= 11 is 3.47. The average Bonchev–Trinajstić information content (AvgIpc) is 2.67. The lowest BCUT2D eigenvalue weighted by molar-refractivity contribution is 0.00615. The predicted octanol–water partition coefficient (Wildman–Crippen LogP) is 3.17. The second kappa shape index (κ2) is 5.15. The third-order valence-electron chi connectivity index (χ3n) is 3.14. The monoisotopic (exact) mass is 329 g/mol. The van der Waals surface area contributed by atoms with Gasteiger partial charge in [-0.15, -0.1) is 0 Å². The Labute approximate surface area is 122 Å². The van der Waals surface area contributed by atoms with Gasteiger partial charge in [0, 0.05) is 0 Å². The van der Waals surface area contributed by atoms with E-state index in [1.807, 2.05) is 25.5 Å². The molecule has 0 saturated carbocycles. The Kier molecular flexibility index (Phi) is 3.90. The van der Waals surface area contributed by atoms with Gasteiger partial charge in [-0.05, 0) is 43.1 Å². The van der Waals surface area contributed by atoms with Crippen LogP contribution in [0.2, 0.25) is 0 Å². The molecule has 0 aliphatic carbocycles. The van der Waals surface area contributed by atoms with Crippen molar-refractivity contribution in [2.24, 2.45) is 0 Å². The van der Waals surface area contributed by atoms with Crippen molar-refractivity contribution in [2.45, 2.75) is 58.8 Å². The highest BCUT2D eigenvalue weighted by Gasteiger charge is 2.33. The lowest BCUT2D eigenvalue weighted by atomic mass is 10.1. The van der Waals surface area contributed by atoms with E-state index in [1.165, 1.54) is 0 Å². The molecule has 1 atom stereocenters.